The normalized spacial score (nSPS) is 15.7. The molecule has 0 N–H and O–H groups in total. The third-order valence-electron chi connectivity index (χ3n) is 13.0. The highest BCUT2D eigenvalue weighted by Gasteiger charge is 2.67. The SMILES string of the molecule is CC(C)Cc1cc2[n+](cc1[Si](C)(C)C)C1(c3cc(C(C)(C)C)ccc3-2)c2ccc3c(oc4ccccc43)c2-c2n(-c3cccc(-c4ccccc4)c3)c3ccccc3[n+]21. The van der Waals surface area contributed by atoms with Gasteiger partial charge >= 0.3 is 11.5 Å². The Morgan fingerprint density at radius 1 is 0.712 bits per heavy atom. The van der Waals surface area contributed by atoms with E-state index in [0.717, 1.165) is 51.0 Å². The average Bonchev–Trinajstić information content (AvgIpc) is 3.93. The van der Waals surface area contributed by atoms with E-state index in [1.165, 1.54) is 55.3 Å². The third kappa shape index (κ3) is 5.07. The van der Waals surface area contributed by atoms with E-state index in [2.05, 4.69) is 214 Å². The average molecular weight is 786 g/mol. The molecule has 0 radical (unpaired) electrons. The number of fused-ring (bicyclic) bond motifs is 16. The largest absolute Gasteiger partial charge is 0.455 e. The Kier molecular flexibility index (Phi) is 7.63. The molecule has 5 heterocycles. The first-order valence-corrected chi connectivity index (χ1v) is 24.8. The van der Waals surface area contributed by atoms with Crippen LogP contribution in [0.15, 0.2) is 150 Å². The van der Waals surface area contributed by atoms with Gasteiger partial charge in [-0.25, -0.2) is 0 Å². The van der Waals surface area contributed by atoms with E-state index in [1.54, 1.807) is 0 Å². The Morgan fingerprint density at radius 2 is 1.46 bits per heavy atom. The summed E-state index contributed by atoms with van der Waals surface area (Å²) < 4.78 is 15.0. The molecule has 0 bridgehead atoms. The maximum atomic E-state index is 7.10. The molecule has 11 rings (SSSR count). The summed E-state index contributed by atoms with van der Waals surface area (Å²) in [6.45, 7) is 19.3. The number of hydrogen-bond donors (Lipinski definition) is 0. The number of pyridine rings is 1. The van der Waals surface area contributed by atoms with E-state index in [-0.39, 0.29) is 5.41 Å². The smallest absolute Gasteiger partial charge is 0.364 e. The fourth-order valence-corrected chi connectivity index (χ4v) is 12.0. The lowest BCUT2D eigenvalue weighted by molar-refractivity contribution is -0.944. The van der Waals surface area contributed by atoms with Crippen LogP contribution in [-0.4, -0.2) is 12.6 Å². The van der Waals surface area contributed by atoms with E-state index in [9.17, 15) is 0 Å². The zero-order chi connectivity index (χ0) is 40.6. The van der Waals surface area contributed by atoms with Gasteiger partial charge in [0.05, 0.1) is 24.8 Å². The molecule has 5 heteroatoms. The molecule has 2 aliphatic heterocycles. The third-order valence-corrected chi connectivity index (χ3v) is 15.0. The quantitative estimate of drug-likeness (QED) is 0.126. The van der Waals surface area contributed by atoms with Crippen molar-refractivity contribution in [2.45, 2.75) is 71.8 Å². The first-order chi connectivity index (χ1) is 28.4. The predicted molar refractivity (Wildman–Crippen MR) is 245 cm³/mol. The van der Waals surface area contributed by atoms with Gasteiger partial charge in [-0.3, -0.25) is 0 Å². The fourth-order valence-electron chi connectivity index (χ4n) is 10.4. The molecule has 0 fully saturated rings. The van der Waals surface area contributed by atoms with Crippen molar-refractivity contribution in [3.63, 3.8) is 0 Å². The molecular formula is C54H51N3OSi+2. The zero-order valence-corrected chi connectivity index (χ0v) is 36.4. The number of furan rings is 1. The van der Waals surface area contributed by atoms with Crippen LogP contribution in [0.3, 0.4) is 0 Å². The number of hydrogen-bond acceptors (Lipinski definition) is 1. The summed E-state index contributed by atoms with van der Waals surface area (Å²) in [6.07, 6.45) is 3.65. The molecule has 0 saturated carbocycles. The summed E-state index contributed by atoms with van der Waals surface area (Å²) in [7, 11) is -1.84. The van der Waals surface area contributed by atoms with Crippen LogP contribution in [0.5, 0.6) is 0 Å². The molecule has 0 aliphatic carbocycles. The number of aromatic nitrogens is 3. The van der Waals surface area contributed by atoms with E-state index >= 15 is 0 Å². The highest BCUT2D eigenvalue weighted by atomic mass is 28.3. The maximum absolute atomic E-state index is 7.10. The minimum absolute atomic E-state index is 0.0502. The summed E-state index contributed by atoms with van der Waals surface area (Å²) in [5.41, 5.74) is 16.0. The van der Waals surface area contributed by atoms with Gasteiger partial charge < -0.3 is 4.42 Å². The van der Waals surface area contributed by atoms with E-state index in [0.29, 0.717) is 5.92 Å². The topological polar surface area (TPSA) is 25.8 Å². The number of para-hydroxylation sites is 3. The van der Waals surface area contributed by atoms with Crippen molar-refractivity contribution in [3.8, 4) is 39.5 Å². The highest BCUT2D eigenvalue weighted by Crippen LogP contribution is 2.53. The summed E-state index contributed by atoms with van der Waals surface area (Å²) >= 11 is 0. The van der Waals surface area contributed by atoms with Crippen LogP contribution < -0.4 is 14.3 Å². The van der Waals surface area contributed by atoms with Crippen molar-refractivity contribution in [3.05, 3.63) is 168 Å². The van der Waals surface area contributed by atoms with Crippen LogP contribution >= 0.6 is 0 Å². The van der Waals surface area contributed by atoms with Crippen molar-refractivity contribution in [2.75, 3.05) is 0 Å². The Bertz CT molecular complexity index is 3190. The molecule has 2 aliphatic rings. The number of benzene rings is 6. The molecule has 4 nitrogen and oxygen atoms in total. The van der Waals surface area contributed by atoms with E-state index in [4.69, 9.17) is 4.42 Å². The van der Waals surface area contributed by atoms with Gasteiger partial charge in [0.2, 0.25) is 5.69 Å². The Morgan fingerprint density at radius 3 is 2.24 bits per heavy atom. The molecule has 3 aromatic heterocycles. The van der Waals surface area contributed by atoms with Gasteiger partial charge in [0.1, 0.15) is 16.8 Å². The summed E-state index contributed by atoms with van der Waals surface area (Å²) in [6, 6.07) is 52.0. The van der Waals surface area contributed by atoms with Crippen LogP contribution in [0.4, 0.5) is 0 Å². The lowest BCUT2D eigenvalue weighted by atomic mass is 9.82. The van der Waals surface area contributed by atoms with Crippen LogP contribution in [0.2, 0.25) is 19.6 Å². The number of nitrogens with zero attached hydrogens (tertiary/aromatic N) is 3. The predicted octanol–water partition coefficient (Wildman–Crippen LogP) is 12.1. The maximum Gasteiger partial charge on any atom is 0.364 e. The molecule has 1 atom stereocenters. The zero-order valence-electron chi connectivity index (χ0n) is 35.4. The van der Waals surface area contributed by atoms with Crippen LogP contribution in [0.1, 0.15) is 56.9 Å². The van der Waals surface area contributed by atoms with Gasteiger partial charge in [0.25, 0.3) is 0 Å². The van der Waals surface area contributed by atoms with Crippen molar-refractivity contribution in [2.24, 2.45) is 5.92 Å². The van der Waals surface area contributed by atoms with Gasteiger partial charge in [-0.1, -0.05) is 133 Å². The van der Waals surface area contributed by atoms with Crippen molar-refractivity contribution >= 4 is 46.2 Å². The Hall–Kier alpha value is -6.04. The first-order valence-electron chi connectivity index (χ1n) is 21.3. The number of rotatable bonds is 5. The summed E-state index contributed by atoms with van der Waals surface area (Å²) in [4.78, 5) is 0. The molecule has 6 aromatic carbocycles. The van der Waals surface area contributed by atoms with Gasteiger partial charge in [-0.05, 0) is 94.6 Å². The monoisotopic (exact) mass is 785 g/mol. The van der Waals surface area contributed by atoms with Crippen molar-refractivity contribution in [1.29, 1.82) is 0 Å². The second kappa shape index (κ2) is 12.5. The Labute approximate surface area is 348 Å². The standard InChI is InChI=1S/C54H51N3OSi/c1-34(2)29-37-31-47-42-26-25-38(53(3,4)5)32-44(42)54(55(47)33-49(37)59(6,7)8)43-28-27-41-40-21-12-15-24-48(40)58-51(41)50(43)52-56(45-22-13-14-23-46(45)57(52)54)39-20-16-19-36(30-39)35-17-10-9-11-18-35/h9-28,30-34H,29H2,1-8H3/q+2. The minimum atomic E-state index is -1.84. The van der Waals surface area contributed by atoms with Gasteiger partial charge in [0.15, 0.2) is 22.8 Å². The van der Waals surface area contributed by atoms with Gasteiger partial charge in [-0.15, -0.1) is 9.13 Å². The van der Waals surface area contributed by atoms with Crippen LogP contribution in [-0.2, 0) is 17.5 Å². The van der Waals surface area contributed by atoms with Gasteiger partial charge in [-0.2, -0.15) is 4.57 Å². The molecule has 0 amide bonds. The lowest BCUT2D eigenvalue weighted by Crippen LogP contribution is -2.72. The fraction of sp³-hybridized carbons (Fsp3) is 0.222. The van der Waals surface area contributed by atoms with Crippen molar-refractivity contribution < 1.29 is 13.6 Å². The lowest BCUT2D eigenvalue weighted by Gasteiger charge is -2.25. The highest BCUT2D eigenvalue weighted by molar-refractivity contribution is 6.89. The van der Waals surface area contributed by atoms with Crippen molar-refractivity contribution in [1.82, 2.24) is 4.57 Å². The molecule has 1 unspecified atom stereocenters. The first kappa shape index (κ1) is 36.1. The van der Waals surface area contributed by atoms with Gasteiger partial charge in [0, 0.05) is 22.0 Å². The number of imidazole rings is 1. The second-order valence-electron chi connectivity index (χ2n) is 19.4. The Balaban J connectivity index is 1.36. The second-order valence-corrected chi connectivity index (χ2v) is 24.4. The van der Waals surface area contributed by atoms with E-state index < -0.39 is 13.7 Å². The molecule has 59 heavy (non-hydrogen) atoms. The van der Waals surface area contributed by atoms with E-state index in [1.807, 2.05) is 0 Å². The molecule has 0 saturated heterocycles. The van der Waals surface area contributed by atoms with Crippen LogP contribution in [0, 0.1) is 5.92 Å². The minimum Gasteiger partial charge on any atom is -0.455 e. The van der Waals surface area contributed by atoms with Crippen LogP contribution in [0.25, 0.3) is 72.4 Å². The molecule has 9 aromatic rings. The summed E-state index contributed by atoms with van der Waals surface area (Å²) in [5.74, 6) is 1.68. The molecular weight excluding hydrogens is 735 g/mol. The summed E-state index contributed by atoms with van der Waals surface area (Å²) in [5, 5.41) is 3.80. The molecule has 290 valence electrons. The molecule has 1 spiro atoms.